The normalized spacial score (nSPS) is 10.8. The summed E-state index contributed by atoms with van der Waals surface area (Å²) in [7, 11) is 0. The predicted molar refractivity (Wildman–Crippen MR) is 97.5 cm³/mol. The summed E-state index contributed by atoms with van der Waals surface area (Å²) in [6, 6.07) is 9.07. The molecular weight excluding hydrogens is 338 g/mol. The van der Waals surface area contributed by atoms with Crippen molar-refractivity contribution in [1.82, 2.24) is 20.0 Å². The van der Waals surface area contributed by atoms with Crippen molar-refractivity contribution >= 4 is 23.2 Å². The van der Waals surface area contributed by atoms with Crippen LogP contribution in [0.3, 0.4) is 0 Å². The summed E-state index contributed by atoms with van der Waals surface area (Å²) in [5, 5.41) is 12.1. The first-order valence-electron chi connectivity index (χ1n) is 7.81. The zero-order valence-corrected chi connectivity index (χ0v) is 15.2. The second-order valence-corrected chi connectivity index (χ2v) is 6.33. The summed E-state index contributed by atoms with van der Waals surface area (Å²) in [4.78, 5) is 18.5. The molecule has 0 fully saturated rings. The van der Waals surface area contributed by atoms with Crippen LogP contribution in [0.5, 0.6) is 0 Å². The topological polar surface area (TPSA) is 72.7 Å². The van der Waals surface area contributed by atoms with Gasteiger partial charge >= 0.3 is 0 Å². The van der Waals surface area contributed by atoms with E-state index in [1.54, 1.807) is 25.1 Å². The molecule has 2 aromatic heterocycles. The lowest BCUT2D eigenvalue weighted by Gasteiger charge is -2.11. The van der Waals surface area contributed by atoms with Gasteiger partial charge in [-0.2, -0.15) is 9.90 Å². The van der Waals surface area contributed by atoms with E-state index in [-0.39, 0.29) is 11.6 Å². The lowest BCUT2D eigenvalue weighted by Crippen LogP contribution is -2.16. The average molecular weight is 356 g/mol. The SMILES string of the molecule is Cc1cc(C)c(NC(=O)c2nn(-c3cccc(Cl)c3)nc2C)c(C)n1. The number of nitrogens with one attached hydrogen (secondary N) is 1. The number of carbonyl (C=O) groups is 1. The summed E-state index contributed by atoms with van der Waals surface area (Å²) in [6.07, 6.45) is 0. The Labute approximate surface area is 150 Å². The van der Waals surface area contributed by atoms with Gasteiger partial charge in [0.2, 0.25) is 0 Å². The minimum atomic E-state index is -0.317. The highest BCUT2D eigenvalue weighted by Crippen LogP contribution is 2.21. The highest BCUT2D eigenvalue weighted by Gasteiger charge is 2.18. The largest absolute Gasteiger partial charge is 0.319 e. The molecule has 25 heavy (non-hydrogen) atoms. The van der Waals surface area contributed by atoms with Crippen LogP contribution in [0.2, 0.25) is 5.02 Å². The number of hydrogen-bond donors (Lipinski definition) is 1. The third-order valence-electron chi connectivity index (χ3n) is 3.80. The molecule has 128 valence electrons. The molecule has 1 aromatic carbocycles. The van der Waals surface area contributed by atoms with Gasteiger partial charge in [-0.3, -0.25) is 9.78 Å². The van der Waals surface area contributed by atoms with Crippen LogP contribution in [-0.2, 0) is 0 Å². The Hall–Kier alpha value is -2.73. The van der Waals surface area contributed by atoms with E-state index in [0.717, 1.165) is 17.0 Å². The second-order valence-electron chi connectivity index (χ2n) is 5.90. The molecule has 0 atom stereocenters. The Kier molecular flexibility index (Phi) is 4.55. The van der Waals surface area contributed by atoms with Crippen LogP contribution in [0.15, 0.2) is 30.3 Å². The Morgan fingerprint density at radius 2 is 1.84 bits per heavy atom. The molecule has 7 heteroatoms. The van der Waals surface area contributed by atoms with Crippen molar-refractivity contribution in [2.24, 2.45) is 0 Å². The number of benzene rings is 1. The first-order valence-corrected chi connectivity index (χ1v) is 8.19. The van der Waals surface area contributed by atoms with Gasteiger partial charge in [-0.25, -0.2) is 0 Å². The maximum atomic E-state index is 12.7. The van der Waals surface area contributed by atoms with E-state index >= 15 is 0 Å². The van der Waals surface area contributed by atoms with E-state index in [1.807, 2.05) is 32.9 Å². The van der Waals surface area contributed by atoms with Crippen LogP contribution in [0.25, 0.3) is 5.69 Å². The van der Waals surface area contributed by atoms with Crippen molar-refractivity contribution in [2.75, 3.05) is 5.32 Å². The first-order chi connectivity index (χ1) is 11.8. The molecule has 3 aromatic rings. The van der Waals surface area contributed by atoms with E-state index < -0.39 is 0 Å². The molecule has 0 unspecified atom stereocenters. The molecule has 0 saturated carbocycles. The molecule has 0 aliphatic carbocycles. The summed E-state index contributed by atoms with van der Waals surface area (Å²) in [5.41, 5.74) is 4.83. The van der Waals surface area contributed by atoms with Crippen molar-refractivity contribution in [2.45, 2.75) is 27.7 Å². The van der Waals surface area contributed by atoms with Crippen molar-refractivity contribution in [1.29, 1.82) is 0 Å². The van der Waals surface area contributed by atoms with E-state index in [0.29, 0.717) is 22.1 Å². The molecule has 6 nitrogen and oxygen atoms in total. The van der Waals surface area contributed by atoms with Crippen molar-refractivity contribution in [3.05, 3.63) is 63.7 Å². The van der Waals surface area contributed by atoms with E-state index in [9.17, 15) is 4.79 Å². The quantitative estimate of drug-likeness (QED) is 0.775. The fourth-order valence-electron chi connectivity index (χ4n) is 2.69. The molecule has 0 saturated heterocycles. The number of halogens is 1. The number of rotatable bonds is 3. The number of pyridine rings is 1. The van der Waals surface area contributed by atoms with Crippen LogP contribution in [0.4, 0.5) is 5.69 Å². The Morgan fingerprint density at radius 1 is 1.08 bits per heavy atom. The van der Waals surface area contributed by atoms with Gasteiger partial charge in [-0.1, -0.05) is 17.7 Å². The molecule has 2 heterocycles. The molecular formula is C18H18ClN5O. The van der Waals surface area contributed by atoms with Crippen LogP contribution >= 0.6 is 11.6 Å². The minimum Gasteiger partial charge on any atom is -0.319 e. The Bertz CT molecular complexity index is 941. The van der Waals surface area contributed by atoms with Gasteiger partial charge in [0.25, 0.3) is 5.91 Å². The molecule has 0 aliphatic rings. The third-order valence-corrected chi connectivity index (χ3v) is 4.04. The summed E-state index contributed by atoms with van der Waals surface area (Å²) < 4.78 is 0. The smallest absolute Gasteiger partial charge is 0.278 e. The molecule has 0 radical (unpaired) electrons. The highest BCUT2D eigenvalue weighted by molar-refractivity contribution is 6.30. The molecule has 0 aliphatic heterocycles. The molecule has 0 spiro atoms. The molecule has 1 N–H and O–H groups in total. The fourth-order valence-corrected chi connectivity index (χ4v) is 2.87. The van der Waals surface area contributed by atoms with E-state index in [4.69, 9.17) is 11.6 Å². The summed E-state index contributed by atoms with van der Waals surface area (Å²) in [5.74, 6) is -0.317. The summed E-state index contributed by atoms with van der Waals surface area (Å²) in [6.45, 7) is 7.47. The minimum absolute atomic E-state index is 0.263. The van der Waals surface area contributed by atoms with Gasteiger partial charge in [0.05, 0.1) is 22.8 Å². The fraction of sp³-hybridized carbons (Fsp3) is 0.222. The number of nitrogens with zero attached hydrogens (tertiary/aromatic N) is 4. The lowest BCUT2D eigenvalue weighted by atomic mass is 10.1. The zero-order valence-electron chi connectivity index (χ0n) is 14.5. The van der Waals surface area contributed by atoms with E-state index in [1.165, 1.54) is 4.80 Å². The van der Waals surface area contributed by atoms with Gasteiger partial charge in [-0.05, 0) is 57.5 Å². The number of anilines is 1. The summed E-state index contributed by atoms with van der Waals surface area (Å²) >= 11 is 6.00. The number of aromatic nitrogens is 4. The van der Waals surface area contributed by atoms with Crippen LogP contribution in [0.1, 0.15) is 33.1 Å². The zero-order chi connectivity index (χ0) is 18.1. The van der Waals surface area contributed by atoms with E-state index in [2.05, 4.69) is 20.5 Å². The van der Waals surface area contributed by atoms with Crippen LogP contribution in [-0.4, -0.2) is 25.9 Å². The Morgan fingerprint density at radius 3 is 2.52 bits per heavy atom. The Balaban J connectivity index is 1.91. The first kappa shape index (κ1) is 17.1. The maximum Gasteiger partial charge on any atom is 0.278 e. The van der Waals surface area contributed by atoms with Gasteiger partial charge in [0, 0.05) is 10.7 Å². The third kappa shape index (κ3) is 3.53. The van der Waals surface area contributed by atoms with Gasteiger partial charge < -0.3 is 5.32 Å². The monoisotopic (exact) mass is 355 g/mol. The van der Waals surface area contributed by atoms with Crippen molar-refractivity contribution in [3.63, 3.8) is 0 Å². The predicted octanol–water partition coefficient (Wildman–Crippen LogP) is 3.80. The number of aryl methyl sites for hydroxylation is 4. The number of hydrogen-bond acceptors (Lipinski definition) is 4. The maximum absolute atomic E-state index is 12.7. The van der Waals surface area contributed by atoms with Gasteiger partial charge in [-0.15, -0.1) is 5.10 Å². The number of carbonyl (C=O) groups excluding carboxylic acids is 1. The second kappa shape index (κ2) is 6.64. The van der Waals surface area contributed by atoms with Crippen LogP contribution < -0.4 is 5.32 Å². The molecule has 3 rings (SSSR count). The molecule has 0 bridgehead atoms. The van der Waals surface area contributed by atoms with Gasteiger partial charge in [0.15, 0.2) is 5.69 Å². The highest BCUT2D eigenvalue weighted by atomic mass is 35.5. The molecule has 1 amide bonds. The van der Waals surface area contributed by atoms with Crippen LogP contribution in [0, 0.1) is 27.7 Å². The average Bonchev–Trinajstić information content (AvgIpc) is 2.93. The van der Waals surface area contributed by atoms with Crippen molar-refractivity contribution < 1.29 is 4.79 Å². The van der Waals surface area contributed by atoms with Gasteiger partial charge in [0.1, 0.15) is 0 Å². The number of amides is 1. The lowest BCUT2D eigenvalue weighted by molar-refractivity contribution is 0.102. The van der Waals surface area contributed by atoms with Crippen molar-refractivity contribution in [3.8, 4) is 5.69 Å². The standard InChI is InChI=1S/C18H18ClN5O/c1-10-8-11(2)20-12(3)16(10)21-18(25)17-13(4)22-24(23-17)15-7-5-6-14(19)9-15/h5-9H,1-4H3,(H,21,25).